The van der Waals surface area contributed by atoms with E-state index in [9.17, 15) is 9.59 Å². The molecular weight excluding hydrogens is 702 g/mol. The van der Waals surface area contributed by atoms with Gasteiger partial charge in [-0.15, -0.1) is 0 Å². The fourth-order valence-corrected chi connectivity index (χ4v) is 6.77. The smallest absolute Gasteiger partial charge is 0.411 e. The third-order valence-electron chi connectivity index (χ3n) is 8.39. The number of anilines is 4. The Morgan fingerprint density at radius 3 is 2.47 bits per heavy atom. The van der Waals surface area contributed by atoms with E-state index in [1.807, 2.05) is 72.8 Å². The van der Waals surface area contributed by atoms with Crippen LogP contribution < -0.4 is 16.0 Å². The summed E-state index contributed by atoms with van der Waals surface area (Å²) < 4.78 is 6.36. The summed E-state index contributed by atoms with van der Waals surface area (Å²) in [5, 5.41) is 10.0. The number of hydrogen-bond donors (Lipinski definition) is 3. The highest BCUT2D eigenvalue weighted by atomic mass is 79.9. The monoisotopic (exact) mass is 739 g/mol. The van der Waals surface area contributed by atoms with Crippen LogP contribution in [0.15, 0.2) is 99.5 Å². The maximum absolute atomic E-state index is 13.3. The Morgan fingerprint density at radius 1 is 0.980 bits per heavy atom. The van der Waals surface area contributed by atoms with E-state index >= 15 is 0 Å². The minimum absolute atomic E-state index is 0.240. The molecule has 0 radical (unpaired) electrons. The fourth-order valence-electron chi connectivity index (χ4n) is 5.62. The highest BCUT2D eigenvalue weighted by molar-refractivity contribution is 9.10. The molecule has 3 aromatic carbocycles. The first-order chi connectivity index (χ1) is 23.7. The minimum Gasteiger partial charge on any atom is -0.449 e. The summed E-state index contributed by atoms with van der Waals surface area (Å²) in [4.78, 5) is 43.5. The summed E-state index contributed by atoms with van der Waals surface area (Å²) in [6, 6.07) is 24.9. The molecule has 2 amide bonds. The van der Waals surface area contributed by atoms with Gasteiger partial charge < -0.3 is 20.3 Å². The summed E-state index contributed by atoms with van der Waals surface area (Å²) in [7, 11) is 2.12. The Morgan fingerprint density at radius 2 is 1.73 bits per heavy atom. The maximum Gasteiger partial charge on any atom is 0.411 e. The molecule has 10 nitrogen and oxygen atoms in total. The number of likely N-dealkylation sites (tertiary alicyclic amines) is 1. The van der Waals surface area contributed by atoms with Crippen LogP contribution in [0.2, 0.25) is 0 Å². The molecule has 1 aliphatic heterocycles. The number of pyridine rings is 1. The van der Waals surface area contributed by atoms with Crippen molar-refractivity contribution in [1.29, 1.82) is 0 Å². The average molecular weight is 741 g/mol. The highest BCUT2D eigenvalue weighted by Gasteiger charge is 2.21. The number of nitrogens with zero attached hydrogens (tertiary/aromatic N) is 4. The predicted molar refractivity (Wildman–Crippen MR) is 199 cm³/mol. The molecular formula is C37H38BrN7O3S. The topological polar surface area (TPSA) is 121 Å². The van der Waals surface area contributed by atoms with Gasteiger partial charge in [-0.2, -0.15) is 0 Å². The van der Waals surface area contributed by atoms with Gasteiger partial charge >= 0.3 is 6.09 Å². The number of amides is 2. The van der Waals surface area contributed by atoms with Gasteiger partial charge in [0.1, 0.15) is 12.1 Å². The quantitative estimate of drug-likeness (QED) is 0.122. The van der Waals surface area contributed by atoms with Crippen LogP contribution in [0.3, 0.4) is 0 Å². The number of fused-ring (bicyclic) bond motifs is 1. The number of carbonyl (C=O) groups excluding carboxylic acids is 2. The molecule has 2 aromatic heterocycles. The number of aromatic nitrogens is 3. The van der Waals surface area contributed by atoms with Crippen LogP contribution in [0.1, 0.15) is 55.1 Å². The molecule has 252 valence electrons. The fraction of sp³-hybridized carbons (Fsp3) is 0.270. The van der Waals surface area contributed by atoms with Crippen molar-refractivity contribution in [2.45, 2.75) is 54.9 Å². The lowest BCUT2D eigenvalue weighted by Gasteiger charge is -2.18. The lowest BCUT2D eigenvalue weighted by Crippen LogP contribution is -2.27. The summed E-state index contributed by atoms with van der Waals surface area (Å²) in [5.74, 6) is 0.601. The molecule has 0 saturated carbocycles. The molecule has 0 bridgehead atoms. The molecule has 3 N–H and O–H groups in total. The van der Waals surface area contributed by atoms with Gasteiger partial charge in [-0.25, -0.2) is 19.7 Å². The number of rotatable bonds is 11. The molecule has 1 unspecified atom stereocenters. The van der Waals surface area contributed by atoms with Crippen molar-refractivity contribution in [3.63, 3.8) is 0 Å². The summed E-state index contributed by atoms with van der Waals surface area (Å²) in [6.45, 7) is 5.67. The SMILES string of the molecule is CC(C)c1ccc2c(Nc3cc(C(=O)Nc4ccc(Br)cc4)ccc3Sc3ccc(NC(=O)OCCC4CCCN4C)cc3)ncnc2n1. The zero-order valence-electron chi connectivity index (χ0n) is 27.6. The van der Waals surface area contributed by atoms with Gasteiger partial charge in [-0.3, -0.25) is 10.1 Å². The second kappa shape index (κ2) is 15.8. The molecule has 1 fully saturated rings. The Bertz CT molecular complexity index is 1940. The van der Waals surface area contributed by atoms with Crippen molar-refractivity contribution in [2.24, 2.45) is 0 Å². The second-order valence-electron chi connectivity index (χ2n) is 12.2. The van der Waals surface area contributed by atoms with E-state index in [-0.39, 0.29) is 11.8 Å². The van der Waals surface area contributed by atoms with Crippen molar-refractivity contribution in [2.75, 3.05) is 36.1 Å². The average Bonchev–Trinajstić information content (AvgIpc) is 3.51. The minimum atomic E-state index is -0.461. The summed E-state index contributed by atoms with van der Waals surface area (Å²) in [5.41, 5.74) is 4.05. The van der Waals surface area contributed by atoms with Crippen molar-refractivity contribution in [3.05, 3.63) is 101 Å². The Hall–Kier alpha value is -4.52. The first kappa shape index (κ1) is 34.3. The van der Waals surface area contributed by atoms with E-state index in [0.29, 0.717) is 46.7 Å². The van der Waals surface area contributed by atoms with Gasteiger partial charge in [0.25, 0.3) is 5.91 Å². The second-order valence-corrected chi connectivity index (χ2v) is 14.3. The predicted octanol–water partition coefficient (Wildman–Crippen LogP) is 9.09. The molecule has 0 aliphatic carbocycles. The van der Waals surface area contributed by atoms with E-state index in [0.717, 1.165) is 44.7 Å². The maximum atomic E-state index is 13.3. The van der Waals surface area contributed by atoms with Gasteiger partial charge in [0.15, 0.2) is 5.65 Å². The molecule has 3 heterocycles. The van der Waals surface area contributed by atoms with Crippen LogP contribution in [0, 0.1) is 0 Å². The number of halogens is 1. The van der Waals surface area contributed by atoms with Gasteiger partial charge in [-0.05, 0) is 118 Å². The van der Waals surface area contributed by atoms with Gasteiger partial charge in [0, 0.05) is 42.9 Å². The van der Waals surface area contributed by atoms with Crippen LogP contribution in [0.4, 0.5) is 27.7 Å². The Balaban J connectivity index is 1.20. The standard InChI is InChI=1S/C37H38BrN7O3S/c1-23(2)31-16-15-30-34(43-31)39-22-40-35(30)44-32-21-24(36(46)41-26-9-7-25(38)8-10-26)6-17-33(32)49-29-13-11-27(12-14-29)42-37(47)48-20-18-28-5-4-19-45(28)3/h6-17,21-23,28H,4-5,18-20H2,1-3H3,(H,41,46)(H,42,47)(H,39,40,43,44). The van der Waals surface area contributed by atoms with E-state index in [1.165, 1.54) is 24.5 Å². The molecule has 49 heavy (non-hydrogen) atoms. The van der Waals surface area contributed by atoms with Crippen LogP contribution >= 0.6 is 27.7 Å². The van der Waals surface area contributed by atoms with Crippen molar-refractivity contribution < 1.29 is 14.3 Å². The molecule has 1 aliphatic rings. The number of hydrogen-bond acceptors (Lipinski definition) is 9. The lowest BCUT2D eigenvalue weighted by molar-refractivity contribution is 0.102. The number of ether oxygens (including phenoxy) is 1. The van der Waals surface area contributed by atoms with Gasteiger partial charge in [0.05, 0.1) is 17.7 Å². The molecule has 12 heteroatoms. The summed E-state index contributed by atoms with van der Waals surface area (Å²) in [6.07, 6.45) is 4.20. The molecule has 6 rings (SSSR count). The van der Waals surface area contributed by atoms with Gasteiger partial charge in [0.2, 0.25) is 0 Å². The van der Waals surface area contributed by atoms with Crippen LogP contribution in [-0.2, 0) is 4.74 Å². The molecule has 1 saturated heterocycles. The van der Waals surface area contributed by atoms with Crippen molar-refractivity contribution in [3.8, 4) is 0 Å². The number of nitrogens with one attached hydrogen (secondary N) is 3. The van der Waals surface area contributed by atoms with Crippen molar-refractivity contribution >= 4 is 73.6 Å². The first-order valence-electron chi connectivity index (χ1n) is 16.2. The third kappa shape index (κ3) is 8.94. The summed E-state index contributed by atoms with van der Waals surface area (Å²) >= 11 is 4.95. The zero-order chi connectivity index (χ0) is 34.3. The first-order valence-corrected chi connectivity index (χ1v) is 17.8. The normalized spacial score (nSPS) is 14.6. The van der Waals surface area contributed by atoms with Crippen LogP contribution in [0.25, 0.3) is 11.0 Å². The highest BCUT2D eigenvalue weighted by Crippen LogP contribution is 2.37. The largest absolute Gasteiger partial charge is 0.449 e. The number of carbonyl (C=O) groups is 2. The Kier molecular flexibility index (Phi) is 11.1. The Labute approximate surface area is 298 Å². The van der Waals surface area contributed by atoms with E-state index < -0.39 is 6.09 Å². The van der Waals surface area contributed by atoms with E-state index in [4.69, 9.17) is 9.72 Å². The lowest BCUT2D eigenvalue weighted by atomic mass is 10.1. The van der Waals surface area contributed by atoms with Crippen LogP contribution in [0.5, 0.6) is 0 Å². The van der Waals surface area contributed by atoms with E-state index in [2.05, 4.69) is 67.6 Å². The number of benzene rings is 3. The molecule has 0 spiro atoms. The third-order valence-corrected chi connectivity index (χ3v) is 10.0. The molecule has 5 aromatic rings. The molecule has 1 atom stereocenters. The van der Waals surface area contributed by atoms with Gasteiger partial charge in [-0.1, -0.05) is 41.5 Å². The van der Waals surface area contributed by atoms with Crippen molar-refractivity contribution in [1.82, 2.24) is 19.9 Å². The zero-order valence-corrected chi connectivity index (χ0v) is 30.0. The van der Waals surface area contributed by atoms with E-state index in [1.54, 1.807) is 6.07 Å². The van der Waals surface area contributed by atoms with Crippen LogP contribution in [-0.4, -0.2) is 58.1 Å².